The topological polar surface area (TPSA) is 46.2 Å². The van der Waals surface area contributed by atoms with E-state index in [0.29, 0.717) is 0 Å². The van der Waals surface area contributed by atoms with Crippen LogP contribution in [0.3, 0.4) is 0 Å². The van der Waals surface area contributed by atoms with Crippen molar-refractivity contribution in [2.75, 3.05) is 6.54 Å². The Labute approximate surface area is 92.3 Å². The zero-order valence-electron chi connectivity index (χ0n) is 7.91. The fourth-order valence-corrected chi connectivity index (χ4v) is 2.33. The highest BCUT2D eigenvalue weighted by Gasteiger charge is 2.25. The Morgan fingerprint density at radius 1 is 1.50 bits per heavy atom. The van der Waals surface area contributed by atoms with E-state index in [0.717, 1.165) is 16.0 Å². The lowest BCUT2D eigenvalue weighted by Gasteiger charge is -2.10. The van der Waals surface area contributed by atoms with E-state index in [9.17, 15) is 5.11 Å². The molecule has 0 heterocycles. The van der Waals surface area contributed by atoms with Crippen LogP contribution in [-0.2, 0) is 0 Å². The fourth-order valence-electron chi connectivity index (χ4n) is 1.61. The van der Waals surface area contributed by atoms with Crippen LogP contribution in [-0.4, -0.2) is 11.7 Å². The molecule has 1 unspecified atom stereocenters. The smallest absolute Gasteiger partial charge is 0.0912 e. The molecule has 0 bridgehead atoms. The molecule has 1 saturated carbocycles. The molecule has 0 aliphatic heterocycles. The number of nitrogens with two attached hydrogens (primary N) is 1. The standard InChI is InChI=1S/C11H14BrNO/c12-10-5-8(11(14)6-13)3-4-9(10)7-1-2-7/h3-5,7,11,14H,1-2,6,13H2. The molecular weight excluding hydrogens is 242 g/mol. The van der Waals surface area contributed by atoms with Gasteiger partial charge in [0.2, 0.25) is 0 Å². The molecule has 1 aliphatic rings. The van der Waals surface area contributed by atoms with Gasteiger partial charge in [0, 0.05) is 11.0 Å². The van der Waals surface area contributed by atoms with Crippen LogP contribution < -0.4 is 5.73 Å². The molecule has 0 amide bonds. The van der Waals surface area contributed by atoms with Crippen LogP contribution in [0.2, 0.25) is 0 Å². The zero-order chi connectivity index (χ0) is 10.1. The molecule has 1 aromatic carbocycles. The second-order valence-corrected chi connectivity index (χ2v) is 4.66. The highest BCUT2D eigenvalue weighted by atomic mass is 79.9. The van der Waals surface area contributed by atoms with Gasteiger partial charge in [0.1, 0.15) is 0 Å². The van der Waals surface area contributed by atoms with Crippen LogP contribution in [0, 0.1) is 0 Å². The summed E-state index contributed by atoms with van der Waals surface area (Å²) in [6, 6.07) is 6.04. The first kappa shape index (κ1) is 10.1. The Bertz CT molecular complexity index is 336. The third kappa shape index (κ3) is 2.00. The van der Waals surface area contributed by atoms with Crippen molar-refractivity contribution in [3.8, 4) is 0 Å². The molecule has 0 radical (unpaired) electrons. The van der Waals surface area contributed by atoms with Gasteiger partial charge in [0.15, 0.2) is 0 Å². The molecular formula is C11H14BrNO. The average Bonchev–Trinajstić information content (AvgIpc) is 3.00. The number of aliphatic hydroxyl groups excluding tert-OH is 1. The Balaban J connectivity index is 2.25. The van der Waals surface area contributed by atoms with E-state index in [1.54, 1.807) is 0 Å². The maximum Gasteiger partial charge on any atom is 0.0912 e. The van der Waals surface area contributed by atoms with Gasteiger partial charge in [0.25, 0.3) is 0 Å². The van der Waals surface area contributed by atoms with E-state index in [1.165, 1.54) is 18.4 Å². The molecule has 0 saturated heterocycles. The molecule has 1 aromatic rings. The number of rotatable bonds is 3. The summed E-state index contributed by atoms with van der Waals surface area (Å²) < 4.78 is 1.10. The fraction of sp³-hybridized carbons (Fsp3) is 0.455. The van der Waals surface area contributed by atoms with Crippen LogP contribution >= 0.6 is 15.9 Å². The van der Waals surface area contributed by atoms with Crippen LogP contribution in [0.1, 0.15) is 36.0 Å². The molecule has 3 heteroatoms. The maximum absolute atomic E-state index is 9.55. The van der Waals surface area contributed by atoms with Crippen molar-refractivity contribution in [2.45, 2.75) is 24.9 Å². The highest BCUT2D eigenvalue weighted by Crippen LogP contribution is 2.43. The Morgan fingerprint density at radius 2 is 2.21 bits per heavy atom. The molecule has 1 aliphatic carbocycles. The normalized spacial score (nSPS) is 18.2. The minimum absolute atomic E-state index is 0.273. The van der Waals surface area contributed by atoms with Crippen molar-refractivity contribution in [1.29, 1.82) is 0 Å². The van der Waals surface area contributed by atoms with Crippen LogP contribution in [0.4, 0.5) is 0 Å². The lowest BCUT2D eigenvalue weighted by atomic mass is 10.0. The minimum atomic E-state index is -0.542. The predicted molar refractivity (Wildman–Crippen MR) is 60.1 cm³/mol. The van der Waals surface area contributed by atoms with E-state index in [4.69, 9.17) is 5.73 Å². The summed E-state index contributed by atoms with van der Waals surface area (Å²) >= 11 is 3.53. The van der Waals surface area contributed by atoms with Gasteiger partial charge in [-0.15, -0.1) is 0 Å². The molecule has 14 heavy (non-hydrogen) atoms. The third-order valence-corrected chi connectivity index (χ3v) is 3.34. The summed E-state index contributed by atoms with van der Waals surface area (Å²) in [4.78, 5) is 0. The van der Waals surface area contributed by atoms with E-state index in [2.05, 4.69) is 22.0 Å². The van der Waals surface area contributed by atoms with Gasteiger partial charge in [-0.2, -0.15) is 0 Å². The molecule has 76 valence electrons. The van der Waals surface area contributed by atoms with Gasteiger partial charge in [-0.25, -0.2) is 0 Å². The van der Waals surface area contributed by atoms with E-state index < -0.39 is 6.10 Å². The lowest BCUT2D eigenvalue weighted by molar-refractivity contribution is 0.186. The first-order valence-electron chi connectivity index (χ1n) is 4.90. The number of halogens is 1. The van der Waals surface area contributed by atoms with Crippen molar-refractivity contribution >= 4 is 15.9 Å². The van der Waals surface area contributed by atoms with Crippen molar-refractivity contribution in [2.24, 2.45) is 5.73 Å². The van der Waals surface area contributed by atoms with Crippen molar-refractivity contribution in [3.05, 3.63) is 33.8 Å². The predicted octanol–water partition coefficient (Wildman–Crippen LogP) is 2.32. The largest absolute Gasteiger partial charge is 0.387 e. The Hall–Kier alpha value is -0.380. The molecule has 2 rings (SSSR count). The summed E-state index contributed by atoms with van der Waals surface area (Å²) in [5.41, 5.74) is 7.65. The van der Waals surface area contributed by atoms with Crippen molar-refractivity contribution < 1.29 is 5.11 Å². The molecule has 3 N–H and O–H groups in total. The summed E-state index contributed by atoms with van der Waals surface area (Å²) in [6.45, 7) is 0.273. The second kappa shape index (κ2) is 4.01. The average molecular weight is 256 g/mol. The maximum atomic E-state index is 9.55. The monoisotopic (exact) mass is 255 g/mol. The molecule has 1 fully saturated rings. The number of benzene rings is 1. The van der Waals surface area contributed by atoms with E-state index in [-0.39, 0.29) is 6.54 Å². The van der Waals surface area contributed by atoms with Crippen molar-refractivity contribution in [1.82, 2.24) is 0 Å². The van der Waals surface area contributed by atoms with Crippen LogP contribution in [0.25, 0.3) is 0 Å². The number of aliphatic hydroxyl groups is 1. The quantitative estimate of drug-likeness (QED) is 0.871. The Kier molecular flexibility index (Phi) is 2.91. The highest BCUT2D eigenvalue weighted by molar-refractivity contribution is 9.10. The number of hydrogen-bond donors (Lipinski definition) is 2. The molecule has 0 spiro atoms. The first-order chi connectivity index (χ1) is 6.72. The van der Waals surface area contributed by atoms with Gasteiger partial charge in [0.05, 0.1) is 6.10 Å². The van der Waals surface area contributed by atoms with Gasteiger partial charge >= 0.3 is 0 Å². The lowest BCUT2D eigenvalue weighted by Crippen LogP contribution is -2.11. The van der Waals surface area contributed by atoms with Gasteiger partial charge in [-0.1, -0.05) is 28.1 Å². The Morgan fingerprint density at radius 3 is 2.71 bits per heavy atom. The van der Waals surface area contributed by atoms with Crippen molar-refractivity contribution in [3.63, 3.8) is 0 Å². The first-order valence-corrected chi connectivity index (χ1v) is 5.69. The summed E-state index contributed by atoms with van der Waals surface area (Å²) in [6.07, 6.45) is 2.04. The van der Waals surface area contributed by atoms with Gasteiger partial charge < -0.3 is 10.8 Å². The summed E-state index contributed by atoms with van der Waals surface area (Å²) in [7, 11) is 0. The van der Waals surface area contributed by atoms with Crippen LogP contribution in [0.15, 0.2) is 22.7 Å². The van der Waals surface area contributed by atoms with E-state index in [1.807, 2.05) is 12.1 Å². The third-order valence-electron chi connectivity index (χ3n) is 2.65. The SMILES string of the molecule is NCC(O)c1ccc(C2CC2)c(Br)c1. The van der Waals surface area contributed by atoms with E-state index >= 15 is 0 Å². The van der Waals surface area contributed by atoms with Gasteiger partial charge in [-0.3, -0.25) is 0 Å². The molecule has 1 atom stereocenters. The summed E-state index contributed by atoms with van der Waals surface area (Å²) in [5.74, 6) is 0.730. The minimum Gasteiger partial charge on any atom is -0.387 e. The molecule has 0 aromatic heterocycles. The second-order valence-electron chi connectivity index (χ2n) is 3.81. The van der Waals surface area contributed by atoms with Gasteiger partial charge in [-0.05, 0) is 36.0 Å². The zero-order valence-corrected chi connectivity index (χ0v) is 9.50. The number of hydrogen-bond acceptors (Lipinski definition) is 2. The molecule has 2 nitrogen and oxygen atoms in total. The summed E-state index contributed by atoms with van der Waals surface area (Å²) in [5, 5.41) is 9.55. The van der Waals surface area contributed by atoms with Crippen LogP contribution in [0.5, 0.6) is 0 Å².